The highest BCUT2D eigenvalue weighted by Gasteiger charge is 2.36. The van der Waals surface area contributed by atoms with Gasteiger partial charge in [0.1, 0.15) is 17.7 Å². The number of hydrogen-bond acceptors (Lipinski definition) is 6. The average Bonchev–Trinajstić information content (AvgIpc) is 3.53. The predicted molar refractivity (Wildman–Crippen MR) is 143 cm³/mol. The Labute approximate surface area is 225 Å². The Morgan fingerprint density at radius 3 is 2.58 bits per heavy atom. The first-order valence-corrected chi connectivity index (χ1v) is 13.5. The summed E-state index contributed by atoms with van der Waals surface area (Å²) in [7, 11) is 1.61. The lowest BCUT2D eigenvalue weighted by molar-refractivity contribution is 0.0198. The number of likely N-dealkylation sites (tertiary alicyclic amines) is 2. The van der Waals surface area contributed by atoms with Gasteiger partial charge in [-0.3, -0.25) is 14.4 Å². The molecule has 0 aliphatic carbocycles. The van der Waals surface area contributed by atoms with Crippen LogP contribution in [0.15, 0.2) is 52.1 Å². The molecule has 0 radical (unpaired) electrons. The molecule has 186 valence electrons. The van der Waals surface area contributed by atoms with Gasteiger partial charge in [0.05, 0.1) is 34.0 Å². The number of rotatable bonds is 5. The second-order valence-electron chi connectivity index (χ2n) is 9.28. The summed E-state index contributed by atoms with van der Waals surface area (Å²) in [6.07, 6.45) is 9.40. The highest BCUT2D eigenvalue weighted by atomic mass is 79.9. The molecule has 2 aliphatic rings. The number of benzene rings is 1. The van der Waals surface area contributed by atoms with E-state index in [-0.39, 0.29) is 5.91 Å². The number of piperidine rings is 1. The second-order valence-corrected chi connectivity index (χ2v) is 11.0. The standard InChI is InChI=1S/C25H25Br2N7O2/c1-36-23-20(26)8-15(9-21(23)27)25(35)32-6-3-17(4-7-32)33-12-18(13-33)34-11-16(10-31-34)22-19-2-5-28-24(19)30-14-29-22/h2,5,8-11,14,17-18H,3-4,6-7,12-13H2,1H3,(H,28,29,30). The maximum atomic E-state index is 13.1. The maximum Gasteiger partial charge on any atom is 0.253 e. The molecule has 2 saturated heterocycles. The first-order chi connectivity index (χ1) is 17.5. The van der Waals surface area contributed by atoms with E-state index in [9.17, 15) is 4.79 Å². The zero-order chi connectivity index (χ0) is 24.8. The van der Waals surface area contributed by atoms with Crippen LogP contribution in [0.25, 0.3) is 22.3 Å². The monoisotopic (exact) mass is 613 g/mol. The third-order valence-electron chi connectivity index (χ3n) is 7.21. The van der Waals surface area contributed by atoms with Crippen LogP contribution in [0.4, 0.5) is 0 Å². The van der Waals surface area contributed by atoms with Gasteiger partial charge in [0.15, 0.2) is 0 Å². The van der Waals surface area contributed by atoms with Crippen LogP contribution >= 0.6 is 31.9 Å². The third kappa shape index (κ3) is 4.22. The summed E-state index contributed by atoms with van der Waals surface area (Å²) in [5, 5.41) is 5.63. The molecule has 9 nitrogen and oxygen atoms in total. The maximum absolute atomic E-state index is 13.1. The SMILES string of the molecule is COc1c(Br)cc(C(=O)N2CCC(N3CC(n4cc(-c5ncnc6[nH]ccc56)cn4)C3)CC2)cc1Br. The van der Waals surface area contributed by atoms with Gasteiger partial charge in [-0.1, -0.05) is 0 Å². The number of fused-ring (bicyclic) bond motifs is 1. The molecule has 0 atom stereocenters. The fourth-order valence-corrected chi connectivity index (χ4v) is 6.72. The Morgan fingerprint density at radius 2 is 1.86 bits per heavy atom. The van der Waals surface area contributed by atoms with E-state index in [0.29, 0.717) is 23.4 Å². The summed E-state index contributed by atoms with van der Waals surface area (Å²) in [6, 6.07) is 6.51. The van der Waals surface area contributed by atoms with Crippen molar-refractivity contribution in [2.24, 2.45) is 0 Å². The highest BCUT2D eigenvalue weighted by Crippen LogP contribution is 2.35. The van der Waals surface area contributed by atoms with Crippen LogP contribution in [-0.4, -0.2) is 79.8 Å². The molecule has 0 bridgehead atoms. The average molecular weight is 615 g/mol. The second kappa shape index (κ2) is 9.60. The molecule has 3 aromatic heterocycles. The number of ether oxygens (including phenoxy) is 1. The van der Waals surface area contributed by atoms with Crippen molar-refractivity contribution < 1.29 is 9.53 Å². The summed E-state index contributed by atoms with van der Waals surface area (Å²) in [6.45, 7) is 3.47. The van der Waals surface area contributed by atoms with Crippen LogP contribution in [0, 0.1) is 0 Å². The van der Waals surface area contributed by atoms with Gasteiger partial charge in [-0.05, 0) is 62.9 Å². The molecule has 1 aromatic carbocycles. The molecule has 2 aliphatic heterocycles. The van der Waals surface area contributed by atoms with Gasteiger partial charge >= 0.3 is 0 Å². The Kier molecular flexibility index (Phi) is 6.30. The predicted octanol–water partition coefficient (Wildman–Crippen LogP) is 4.52. The molecule has 1 amide bonds. The van der Waals surface area contributed by atoms with E-state index in [2.05, 4.69) is 67.7 Å². The van der Waals surface area contributed by atoms with Gasteiger partial charge in [-0.25, -0.2) is 9.97 Å². The van der Waals surface area contributed by atoms with Gasteiger partial charge in [0, 0.05) is 61.1 Å². The molecule has 1 N–H and O–H groups in total. The molecule has 5 heterocycles. The molecule has 0 saturated carbocycles. The Bertz CT molecular complexity index is 1400. The van der Waals surface area contributed by atoms with Crippen LogP contribution < -0.4 is 4.74 Å². The fraction of sp³-hybridized carbons (Fsp3) is 0.360. The van der Waals surface area contributed by atoms with E-state index in [4.69, 9.17) is 4.74 Å². The minimum atomic E-state index is 0.0595. The van der Waals surface area contributed by atoms with Crippen molar-refractivity contribution in [3.63, 3.8) is 0 Å². The number of methoxy groups -OCH3 is 1. The summed E-state index contributed by atoms with van der Waals surface area (Å²) < 4.78 is 8.95. The molecular weight excluding hydrogens is 590 g/mol. The third-order valence-corrected chi connectivity index (χ3v) is 8.39. The molecular formula is C25H25Br2N7O2. The topological polar surface area (TPSA) is 92.2 Å². The molecule has 36 heavy (non-hydrogen) atoms. The van der Waals surface area contributed by atoms with Gasteiger partial charge < -0.3 is 14.6 Å². The van der Waals surface area contributed by atoms with E-state index in [1.807, 2.05) is 35.5 Å². The van der Waals surface area contributed by atoms with Crippen molar-refractivity contribution in [3.8, 4) is 17.0 Å². The van der Waals surface area contributed by atoms with Crippen LogP contribution in [0.3, 0.4) is 0 Å². The summed E-state index contributed by atoms with van der Waals surface area (Å²) in [5.41, 5.74) is 3.40. The fourth-order valence-electron chi connectivity index (χ4n) is 5.21. The Morgan fingerprint density at radius 1 is 1.11 bits per heavy atom. The van der Waals surface area contributed by atoms with E-state index >= 15 is 0 Å². The van der Waals surface area contributed by atoms with Gasteiger partial charge in [-0.15, -0.1) is 0 Å². The molecule has 0 unspecified atom stereocenters. The number of hydrogen-bond donors (Lipinski definition) is 1. The van der Waals surface area contributed by atoms with E-state index in [1.165, 1.54) is 0 Å². The summed E-state index contributed by atoms with van der Waals surface area (Å²) in [4.78, 5) is 29.4. The smallest absolute Gasteiger partial charge is 0.253 e. The van der Waals surface area contributed by atoms with E-state index in [1.54, 1.807) is 13.4 Å². The molecule has 4 aromatic rings. The first kappa shape index (κ1) is 23.6. The van der Waals surface area contributed by atoms with Gasteiger partial charge in [0.25, 0.3) is 5.91 Å². The minimum Gasteiger partial charge on any atom is -0.494 e. The summed E-state index contributed by atoms with van der Waals surface area (Å²) in [5.74, 6) is 0.751. The van der Waals surface area contributed by atoms with E-state index in [0.717, 1.165) is 70.3 Å². The largest absolute Gasteiger partial charge is 0.494 e. The normalized spacial score (nSPS) is 17.5. The van der Waals surface area contributed by atoms with Crippen molar-refractivity contribution in [1.82, 2.24) is 34.5 Å². The van der Waals surface area contributed by atoms with Crippen molar-refractivity contribution in [2.75, 3.05) is 33.3 Å². The molecule has 6 rings (SSSR count). The number of H-pyrrole nitrogens is 1. The number of carbonyl (C=O) groups excluding carboxylic acids is 1. The number of aromatic amines is 1. The van der Waals surface area contributed by atoms with Crippen LogP contribution in [0.2, 0.25) is 0 Å². The van der Waals surface area contributed by atoms with Gasteiger partial charge in [-0.2, -0.15) is 5.10 Å². The van der Waals surface area contributed by atoms with Gasteiger partial charge in [0.2, 0.25) is 0 Å². The summed E-state index contributed by atoms with van der Waals surface area (Å²) >= 11 is 6.99. The number of carbonyl (C=O) groups is 1. The van der Waals surface area contributed by atoms with Crippen LogP contribution in [-0.2, 0) is 0 Å². The van der Waals surface area contributed by atoms with Crippen molar-refractivity contribution in [2.45, 2.75) is 24.9 Å². The Balaban J connectivity index is 1.04. The highest BCUT2D eigenvalue weighted by molar-refractivity contribution is 9.11. The van der Waals surface area contributed by atoms with Crippen LogP contribution in [0.5, 0.6) is 5.75 Å². The van der Waals surface area contributed by atoms with Crippen molar-refractivity contribution in [3.05, 3.63) is 57.6 Å². The number of aromatic nitrogens is 5. The lowest BCUT2D eigenvalue weighted by atomic mass is 9.97. The molecule has 11 heteroatoms. The first-order valence-electron chi connectivity index (χ1n) is 11.9. The molecule has 2 fully saturated rings. The van der Waals surface area contributed by atoms with E-state index < -0.39 is 0 Å². The minimum absolute atomic E-state index is 0.0595. The Hall–Kier alpha value is -2.76. The van der Waals surface area contributed by atoms with Crippen molar-refractivity contribution >= 4 is 48.8 Å². The number of halogens is 2. The number of nitrogens with zero attached hydrogens (tertiary/aromatic N) is 6. The number of nitrogens with one attached hydrogen (secondary N) is 1. The zero-order valence-electron chi connectivity index (χ0n) is 19.7. The molecule has 0 spiro atoms. The zero-order valence-corrected chi connectivity index (χ0v) is 22.9. The lowest BCUT2D eigenvalue weighted by Crippen LogP contribution is -2.56. The number of amides is 1. The lowest BCUT2D eigenvalue weighted by Gasteiger charge is -2.47. The van der Waals surface area contributed by atoms with Crippen molar-refractivity contribution in [1.29, 1.82) is 0 Å². The quantitative estimate of drug-likeness (QED) is 0.355. The van der Waals surface area contributed by atoms with Crippen LogP contribution in [0.1, 0.15) is 29.2 Å².